The molecule has 1 unspecified atom stereocenters. The zero-order valence-electron chi connectivity index (χ0n) is 7.56. The van der Waals surface area contributed by atoms with Crippen LogP contribution in [0.4, 0.5) is 0 Å². The molecule has 0 aliphatic rings. The van der Waals surface area contributed by atoms with Gasteiger partial charge in [-0.25, -0.2) is 4.98 Å². The number of aliphatic hydroxyl groups is 1. The van der Waals surface area contributed by atoms with Crippen LogP contribution in [0.1, 0.15) is 17.5 Å². The van der Waals surface area contributed by atoms with Crippen molar-refractivity contribution in [3.8, 4) is 0 Å². The maximum absolute atomic E-state index is 11.3. The fourth-order valence-electron chi connectivity index (χ4n) is 1.17. The summed E-state index contributed by atoms with van der Waals surface area (Å²) in [6.07, 6.45) is 2.14. The Kier molecular flexibility index (Phi) is 2.01. The highest BCUT2D eigenvalue weighted by atomic mass is 16.3. The van der Waals surface area contributed by atoms with Crippen LogP contribution in [-0.2, 0) is 0 Å². The molecule has 0 aromatic carbocycles. The van der Waals surface area contributed by atoms with Crippen LogP contribution in [0.25, 0.3) is 11.0 Å². The van der Waals surface area contributed by atoms with Gasteiger partial charge in [0.25, 0.3) is 0 Å². The Morgan fingerprint density at radius 1 is 1.64 bits per heavy atom. The molecule has 2 aromatic rings. The fourth-order valence-corrected chi connectivity index (χ4v) is 1.17. The summed E-state index contributed by atoms with van der Waals surface area (Å²) in [6, 6.07) is 1.70. The van der Waals surface area contributed by atoms with Crippen LogP contribution in [0.5, 0.6) is 0 Å². The highest BCUT2D eigenvalue weighted by Crippen LogP contribution is 2.09. The van der Waals surface area contributed by atoms with Gasteiger partial charge in [-0.3, -0.25) is 9.78 Å². The van der Waals surface area contributed by atoms with E-state index in [9.17, 15) is 4.79 Å². The lowest BCUT2D eigenvalue weighted by Crippen LogP contribution is -2.17. The number of ketones is 1. The number of Topliss-reactive ketones (excluding diaryl/α,β-unsaturated/α-hetero) is 1. The molecule has 0 aliphatic heterocycles. The van der Waals surface area contributed by atoms with Gasteiger partial charge in [-0.2, -0.15) is 0 Å². The van der Waals surface area contributed by atoms with E-state index in [1.54, 1.807) is 18.5 Å². The summed E-state index contributed by atoms with van der Waals surface area (Å²) in [5.41, 5.74) is 1.36. The predicted octanol–water partition coefficient (Wildman–Crippen LogP) is 0.521. The summed E-state index contributed by atoms with van der Waals surface area (Å²) in [4.78, 5) is 22.1. The van der Waals surface area contributed by atoms with Crippen LogP contribution in [0.15, 0.2) is 18.5 Å². The highest BCUT2D eigenvalue weighted by molar-refractivity contribution is 5.98. The molecule has 0 bridgehead atoms. The molecule has 72 valence electrons. The number of H-pyrrole nitrogens is 1. The van der Waals surface area contributed by atoms with Crippen molar-refractivity contribution in [3.05, 3.63) is 24.3 Å². The summed E-state index contributed by atoms with van der Waals surface area (Å²) < 4.78 is 0. The van der Waals surface area contributed by atoms with Crippen LogP contribution in [0.2, 0.25) is 0 Å². The van der Waals surface area contributed by atoms with Crippen LogP contribution >= 0.6 is 0 Å². The average Bonchev–Trinajstić information content (AvgIpc) is 2.59. The number of aromatic amines is 1. The minimum Gasteiger partial charge on any atom is -0.385 e. The number of pyridine rings is 1. The van der Waals surface area contributed by atoms with Crippen molar-refractivity contribution >= 4 is 16.8 Å². The third kappa shape index (κ3) is 1.38. The summed E-state index contributed by atoms with van der Waals surface area (Å²) in [5, 5.41) is 9.07. The Bertz CT molecular complexity index is 443. The van der Waals surface area contributed by atoms with Crippen molar-refractivity contribution in [3.63, 3.8) is 0 Å². The SMILES string of the molecule is CC(O)C(=O)c1nc2ccncc2[nH]1. The summed E-state index contributed by atoms with van der Waals surface area (Å²) >= 11 is 0. The van der Waals surface area contributed by atoms with Crippen molar-refractivity contribution in [2.75, 3.05) is 0 Å². The van der Waals surface area contributed by atoms with E-state index >= 15 is 0 Å². The lowest BCUT2D eigenvalue weighted by molar-refractivity contribution is 0.0769. The van der Waals surface area contributed by atoms with Crippen molar-refractivity contribution in [2.24, 2.45) is 0 Å². The van der Waals surface area contributed by atoms with E-state index in [1.807, 2.05) is 0 Å². The lowest BCUT2D eigenvalue weighted by atomic mass is 10.2. The first kappa shape index (κ1) is 8.83. The van der Waals surface area contributed by atoms with Gasteiger partial charge in [0.2, 0.25) is 5.78 Å². The Morgan fingerprint density at radius 2 is 2.43 bits per heavy atom. The van der Waals surface area contributed by atoms with Gasteiger partial charge in [0.1, 0.15) is 6.10 Å². The number of rotatable bonds is 2. The van der Waals surface area contributed by atoms with Crippen LogP contribution in [-0.4, -0.2) is 31.9 Å². The number of fused-ring (bicyclic) bond motifs is 1. The van der Waals surface area contributed by atoms with E-state index in [0.717, 1.165) is 0 Å². The van der Waals surface area contributed by atoms with Gasteiger partial charge in [0.15, 0.2) is 5.82 Å². The van der Waals surface area contributed by atoms with Crippen molar-refractivity contribution in [2.45, 2.75) is 13.0 Å². The fraction of sp³-hybridized carbons (Fsp3) is 0.222. The zero-order valence-corrected chi connectivity index (χ0v) is 7.56. The number of imidazole rings is 1. The molecule has 14 heavy (non-hydrogen) atoms. The molecule has 1 atom stereocenters. The topological polar surface area (TPSA) is 78.9 Å². The van der Waals surface area contributed by atoms with Crippen LogP contribution < -0.4 is 0 Å². The Morgan fingerprint density at radius 3 is 3.07 bits per heavy atom. The van der Waals surface area contributed by atoms with Gasteiger partial charge in [-0.15, -0.1) is 0 Å². The second kappa shape index (κ2) is 3.19. The van der Waals surface area contributed by atoms with Crippen LogP contribution in [0, 0.1) is 0 Å². The third-order valence-corrected chi connectivity index (χ3v) is 1.90. The van der Waals surface area contributed by atoms with Gasteiger partial charge in [-0.05, 0) is 13.0 Å². The molecule has 2 aromatic heterocycles. The van der Waals surface area contributed by atoms with Gasteiger partial charge >= 0.3 is 0 Å². The largest absolute Gasteiger partial charge is 0.385 e. The van der Waals surface area contributed by atoms with E-state index in [1.165, 1.54) is 6.92 Å². The molecule has 0 saturated heterocycles. The second-order valence-electron chi connectivity index (χ2n) is 3.02. The summed E-state index contributed by atoms with van der Waals surface area (Å²) in [5.74, 6) is -0.246. The zero-order chi connectivity index (χ0) is 10.1. The molecule has 2 rings (SSSR count). The predicted molar refractivity (Wildman–Crippen MR) is 49.9 cm³/mol. The Balaban J connectivity index is 2.50. The number of carbonyl (C=O) groups excluding carboxylic acids is 1. The number of aromatic nitrogens is 3. The smallest absolute Gasteiger partial charge is 0.226 e. The normalized spacial score (nSPS) is 13.0. The number of nitrogens with one attached hydrogen (secondary N) is 1. The molecule has 0 aliphatic carbocycles. The lowest BCUT2D eigenvalue weighted by Gasteiger charge is -1.97. The molecule has 0 radical (unpaired) electrons. The highest BCUT2D eigenvalue weighted by Gasteiger charge is 2.15. The summed E-state index contributed by atoms with van der Waals surface area (Å²) in [7, 11) is 0. The quantitative estimate of drug-likeness (QED) is 0.678. The molecule has 5 nitrogen and oxygen atoms in total. The number of carbonyl (C=O) groups is 1. The van der Waals surface area contributed by atoms with Gasteiger partial charge < -0.3 is 10.1 Å². The number of hydrogen-bond acceptors (Lipinski definition) is 4. The minimum atomic E-state index is -1.04. The number of hydrogen-bond donors (Lipinski definition) is 2. The van der Waals surface area contributed by atoms with Crippen molar-refractivity contribution in [1.82, 2.24) is 15.0 Å². The first-order chi connectivity index (χ1) is 6.68. The second-order valence-corrected chi connectivity index (χ2v) is 3.02. The molecular formula is C9H9N3O2. The van der Waals surface area contributed by atoms with Gasteiger partial charge in [0, 0.05) is 6.20 Å². The van der Waals surface area contributed by atoms with Crippen molar-refractivity contribution in [1.29, 1.82) is 0 Å². The molecule has 0 amide bonds. The first-order valence-electron chi connectivity index (χ1n) is 4.20. The van der Waals surface area contributed by atoms with E-state index in [4.69, 9.17) is 5.11 Å². The molecule has 0 fully saturated rings. The molecule has 0 saturated carbocycles. The average molecular weight is 191 g/mol. The third-order valence-electron chi connectivity index (χ3n) is 1.90. The van der Waals surface area contributed by atoms with E-state index in [0.29, 0.717) is 11.0 Å². The van der Waals surface area contributed by atoms with E-state index < -0.39 is 11.9 Å². The van der Waals surface area contributed by atoms with Crippen LogP contribution in [0.3, 0.4) is 0 Å². The molecule has 2 heterocycles. The van der Waals surface area contributed by atoms with E-state index in [2.05, 4.69) is 15.0 Å². The Labute approximate surface area is 79.8 Å². The maximum atomic E-state index is 11.3. The number of nitrogens with zero attached hydrogens (tertiary/aromatic N) is 2. The van der Waals surface area contributed by atoms with Gasteiger partial charge in [0.05, 0.1) is 17.2 Å². The minimum absolute atomic E-state index is 0.169. The Hall–Kier alpha value is -1.75. The maximum Gasteiger partial charge on any atom is 0.226 e. The molecule has 5 heteroatoms. The molecule has 2 N–H and O–H groups in total. The first-order valence-corrected chi connectivity index (χ1v) is 4.20. The molecule has 0 spiro atoms. The molecular weight excluding hydrogens is 182 g/mol. The van der Waals surface area contributed by atoms with Crippen molar-refractivity contribution < 1.29 is 9.90 Å². The number of aliphatic hydroxyl groups excluding tert-OH is 1. The van der Waals surface area contributed by atoms with Gasteiger partial charge in [-0.1, -0.05) is 0 Å². The van der Waals surface area contributed by atoms with E-state index in [-0.39, 0.29) is 5.82 Å². The monoisotopic (exact) mass is 191 g/mol. The summed E-state index contributed by atoms with van der Waals surface area (Å²) in [6.45, 7) is 1.41. The standard InChI is InChI=1S/C9H9N3O2/c1-5(13)8(14)9-11-6-2-3-10-4-7(6)12-9/h2-5,13H,1H3,(H,11,12).